The maximum Gasteiger partial charge on any atom is 0.0576 e. The third kappa shape index (κ3) is 5.78. The molecule has 1 saturated heterocycles. The van der Waals surface area contributed by atoms with Gasteiger partial charge in [-0.3, -0.25) is 0 Å². The molecule has 4 heteroatoms. The average Bonchev–Trinajstić information content (AvgIpc) is 2.95. The lowest BCUT2D eigenvalue weighted by Gasteiger charge is -2.19. The van der Waals surface area contributed by atoms with E-state index in [1.165, 1.54) is 31.2 Å². The molecule has 0 radical (unpaired) electrons. The Morgan fingerprint density at radius 1 is 1.38 bits per heavy atom. The Labute approximate surface area is 138 Å². The predicted octanol–water partition coefficient (Wildman–Crippen LogP) is 4.86. The van der Waals surface area contributed by atoms with Crippen LogP contribution in [0.2, 0.25) is 10.0 Å². The molecule has 2 unspecified atom stereocenters. The topological polar surface area (TPSA) is 21.3 Å². The molecule has 1 aromatic carbocycles. The Kier molecular flexibility index (Phi) is 7.31. The lowest BCUT2D eigenvalue weighted by molar-refractivity contribution is 0.101. The van der Waals surface area contributed by atoms with Gasteiger partial charge in [-0.2, -0.15) is 0 Å². The smallest absolute Gasteiger partial charge is 0.0576 e. The van der Waals surface area contributed by atoms with E-state index in [0.717, 1.165) is 31.0 Å². The fourth-order valence-corrected chi connectivity index (χ4v) is 3.47. The summed E-state index contributed by atoms with van der Waals surface area (Å²) in [5, 5.41) is 5.03. The van der Waals surface area contributed by atoms with Crippen LogP contribution >= 0.6 is 23.2 Å². The van der Waals surface area contributed by atoms with Crippen LogP contribution in [0.15, 0.2) is 18.2 Å². The quantitative estimate of drug-likeness (QED) is 0.735. The molecular formula is C17H25Cl2NO. The molecule has 1 heterocycles. The highest BCUT2D eigenvalue weighted by atomic mass is 35.5. The van der Waals surface area contributed by atoms with Crippen LogP contribution in [0.25, 0.3) is 0 Å². The first-order valence-electron chi connectivity index (χ1n) is 7.98. The maximum atomic E-state index is 6.28. The lowest BCUT2D eigenvalue weighted by Crippen LogP contribution is -2.31. The largest absolute Gasteiger partial charge is 0.378 e. The fraction of sp³-hybridized carbons (Fsp3) is 0.647. The van der Waals surface area contributed by atoms with E-state index in [4.69, 9.17) is 27.9 Å². The normalized spacial score (nSPS) is 19.9. The van der Waals surface area contributed by atoms with Crippen molar-refractivity contribution in [3.05, 3.63) is 33.8 Å². The molecule has 1 aliphatic rings. The molecule has 0 saturated carbocycles. The van der Waals surface area contributed by atoms with Crippen molar-refractivity contribution in [3.63, 3.8) is 0 Å². The van der Waals surface area contributed by atoms with Gasteiger partial charge >= 0.3 is 0 Å². The number of nitrogens with one attached hydrogen (secondary N) is 1. The summed E-state index contributed by atoms with van der Waals surface area (Å²) >= 11 is 12.2. The Balaban J connectivity index is 1.82. The molecular weight excluding hydrogens is 305 g/mol. The molecule has 2 atom stereocenters. The van der Waals surface area contributed by atoms with Crippen LogP contribution < -0.4 is 5.32 Å². The number of likely N-dealkylation sites (N-methyl/N-ethyl adjacent to an activating group) is 1. The molecule has 0 spiro atoms. The summed E-state index contributed by atoms with van der Waals surface area (Å²) < 4.78 is 5.69. The second-order valence-electron chi connectivity index (χ2n) is 5.76. The Hall–Kier alpha value is -0.280. The van der Waals surface area contributed by atoms with E-state index in [-0.39, 0.29) is 0 Å². The number of halogens is 2. The number of ether oxygens (including phenoxy) is 1. The van der Waals surface area contributed by atoms with Crippen LogP contribution in [0.1, 0.15) is 44.6 Å². The van der Waals surface area contributed by atoms with Gasteiger partial charge in [0, 0.05) is 22.7 Å². The molecule has 0 aromatic heterocycles. The van der Waals surface area contributed by atoms with Gasteiger partial charge in [0.05, 0.1) is 6.10 Å². The Morgan fingerprint density at radius 2 is 2.24 bits per heavy atom. The summed E-state index contributed by atoms with van der Waals surface area (Å²) in [6.45, 7) is 4.08. The van der Waals surface area contributed by atoms with Gasteiger partial charge in [-0.25, -0.2) is 0 Å². The second-order valence-corrected chi connectivity index (χ2v) is 6.60. The number of hydrogen-bond donors (Lipinski definition) is 1. The van der Waals surface area contributed by atoms with Crippen LogP contribution in [0.4, 0.5) is 0 Å². The zero-order chi connectivity index (χ0) is 15.1. The third-order valence-electron chi connectivity index (χ3n) is 4.08. The summed E-state index contributed by atoms with van der Waals surface area (Å²) in [5.74, 6) is 0. The van der Waals surface area contributed by atoms with E-state index in [1.807, 2.05) is 18.2 Å². The number of benzene rings is 1. The van der Waals surface area contributed by atoms with Crippen LogP contribution in [0.5, 0.6) is 0 Å². The van der Waals surface area contributed by atoms with Crippen LogP contribution in [0, 0.1) is 0 Å². The van der Waals surface area contributed by atoms with Gasteiger partial charge < -0.3 is 10.1 Å². The summed E-state index contributed by atoms with van der Waals surface area (Å²) in [7, 11) is 0. The van der Waals surface area contributed by atoms with E-state index in [1.54, 1.807) is 0 Å². The average molecular weight is 330 g/mol. The standard InChI is InChI=1S/C17H25Cl2NO/c1-2-20-15(5-3-6-16-7-4-10-21-16)11-13-8-9-14(18)12-17(13)19/h8-9,12,15-16,20H,2-7,10-11H2,1H3. The summed E-state index contributed by atoms with van der Waals surface area (Å²) in [5.41, 5.74) is 1.17. The molecule has 1 aliphatic heterocycles. The zero-order valence-corrected chi connectivity index (χ0v) is 14.2. The van der Waals surface area contributed by atoms with Gasteiger partial charge in [0.1, 0.15) is 0 Å². The molecule has 2 rings (SSSR count). The summed E-state index contributed by atoms with van der Waals surface area (Å²) in [6, 6.07) is 6.25. The van der Waals surface area contributed by atoms with Gasteiger partial charge in [-0.1, -0.05) is 36.2 Å². The van der Waals surface area contributed by atoms with Crippen LogP contribution in [-0.4, -0.2) is 25.3 Å². The minimum absolute atomic E-state index is 0.468. The minimum Gasteiger partial charge on any atom is -0.378 e. The third-order valence-corrected chi connectivity index (χ3v) is 4.66. The lowest BCUT2D eigenvalue weighted by atomic mass is 9.99. The van der Waals surface area contributed by atoms with Crippen LogP contribution in [0.3, 0.4) is 0 Å². The maximum absolute atomic E-state index is 6.28. The van der Waals surface area contributed by atoms with E-state index in [9.17, 15) is 0 Å². The highest BCUT2D eigenvalue weighted by molar-refractivity contribution is 6.35. The SMILES string of the molecule is CCNC(CCCC1CCCO1)Cc1ccc(Cl)cc1Cl. The van der Waals surface area contributed by atoms with Gasteiger partial charge in [-0.15, -0.1) is 0 Å². The van der Waals surface area contributed by atoms with Crippen molar-refractivity contribution < 1.29 is 4.74 Å². The van der Waals surface area contributed by atoms with E-state index >= 15 is 0 Å². The monoisotopic (exact) mass is 329 g/mol. The molecule has 1 N–H and O–H groups in total. The molecule has 118 valence electrons. The second kappa shape index (κ2) is 8.99. The Morgan fingerprint density at radius 3 is 2.90 bits per heavy atom. The molecule has 2 nitrogen and oxygen atoms in total. The molecule has 0 bridgehead atoms. The highest BCUT2D eigenvalue weighted by Gasteiger charge is 2.16. The van der Waals surface area contributed by atoms with Crippen molar-refractivity contribution in [2.24, 2.45) is 0 Å². The van der Waals surface area contributed by atoms with Gasteiger partial charge in [-0.05, 0) is 62.8 Å². The van der Waals surface area contributed by atoms with E-state index in [2.05, 4.69) is 12.2 Å². The molecule has 1 fully saturated rings. The van der Waals surface area contributed by atoms with Crippen molar-refractivity contribution in [2.45, 2.75) is 57.6 Å². The Bertz CT molecular complexity index is 433. The molecule has 0 aliphatic carbocycles. The van der Waals surface area contributed by atoms with E-state index < -0.39 is 0 Å². The predicted molar refractivity (Wildman–Crippen MR) is 90.5 cm³/mol. The van der Waals surface area contributed by atoms with Crippen LogP contribution in [-0.2, 0) is 11.2 Å². The molecule has 0 amide bonds. The number of rotatable bonds is 8. The van der Waals surface area contributed by atoms with Gasteiger partial charge in [0.15, 0.2) is 0 Å². The van der Waals surface area contributed by atoms with Crippen molar-refractivity contribution in [2.75, 3.05) is 13.2 Å². The summed E-state index contributed by atoms with van der Waals surface area (Å²) in [6.07, 6.45) is 7.44. The zero-order valence-electron chi connectivity index (χ0n) is 12.7. The first kappa shape index (κ1) is 17.1. The number of hydrogen-bond acceptors (Lipinski definition) is 2. The molecule has 1 aromatic rings. The van der Waals surface area contributed by atoms with Crippen molar-refractivity contribution in [1.29, 1.82) is 0 Å². The first-order valence-corrected chi connectivity index (χ1v) is 8.73. The van der Waals surface area contributed by atoms with Gasteiger partial charge in [0.25, 0.3) is 0 Å². The van der Waals surface area contributed by atoms with Crippen molar-refractivity contribution in [3.8, 4) is 0 Å². The molecule has 21 heavy (non-hydrogen) atoms. The highest BCUT2D eigenvalue weighted by Crippen LogP contribution is 2.24. The van der Waals surface area contributed by atoms with Crippen molar-refractivity contribution >= 4 is 23.2 Å². The first-order chi connectivity index (χ1) is 10.2. The van der Waals surface area contributed by atoms with Gasteiger partial charge in [0.2, 0.25) is 0 Å². The van der Waals surface area contributed by atoms with Crippen molar-refractivity contribution in [1.82, 2.24) is 5.32 Å². The van der Waals surface area contributed by atoms with E-state index in [0.29, 0.717) is 17.2 Å². The summed E-state index contributed by atoms with van der Waals surface area (Å²) in [4.78, 5) is 0. The minimum atomic E-state index is 0.468. The fourth-order valence-electron chi connectivity index (χ4n) is 2.98.